The van der Waals surface area contributed by atoms with E-state index >= 15 is 0 Å². The minimum Gasteiger partial charge on any atom is -0.506 e. The fourth-order valence-corrected chi connectivity index (χ4v) is 2.51. The molecule has 2 N–H and O–H groups in total. The van der Waals surface area contributed by atoms with E-state index in [2.05, 4.69) is 5.32 Å². The Hall–Kier alpha value is -1.62. The molecule has 0 radical (unpaired) electrons. The average molecular weight is 298 g/mol. The minimum absolute atomic E-state index is 0.0659. The highest BCUT2D eigenvalue weighted by atomic mass is 35.5. The molecule has 20 heavy (non-hydrogen) atoms. The molecule has 0 bridgehead atoms. The molecule has 0 atom stereocenters. The summed E-state index contributed by atoms with van der Waals surface area (Å²) in [7, 11) is 3.54. The number of aromatic hydroxyl groups is 1. The van der Waals surface area contributed by atoms with Crippen LogP contribution in [-0.4, -0.2) is 54.2 Å². The van der Waals surface area contributed by atoms with Gasteiger partial charge in [0.25, 0.3) is 0 Å². The van der Waals surface area contributed by atoms with Crippen molar-refractivity contribution in [2.75, 3.05) is 32.5 Å². The highest BCUT2D eigenvalue weighted by molar-refractivity contribution is 6.32. The smallest absolute Gasteiger partial charge is 0.319 e. The van der Waals surface area contributed by atoms with Crippen molar-refractivity contribution in [3.05, 3.63) is 23.2 Å². The molecule has 1 aliphatic rings. The number of nitrogens with zero attached hydrogens (tertiary/aromatic N) is 2. The number of hydrogen-bond donors (Lipinski definition) is 2. The van der Waals surface area contributed by atoms with Crippen LogP contribution in [0.5, 0.6) is 5.75 Å². The lowest BCUT2D eigenvalue weighted by atomic mass is 10.0. The molecule has 1 aliphatic heterocycles. The quantitative estimate of drug-likeness (QED) is 0.825. The highest BCUT2D eigenvalue weighted by Gasteiger charge is 2.23. The second-order valence-corrected chi connectivity index (χ2v) is 5.66. The van der Waals surface area contributed by atoms with Gasteiger partial charge >= 0.3 is 6.03 Å². The molecule has 2 rings (SSSR count). The lowest BCUT2D eigenvalue weighted by Crippen LogP contribution is -2.46. The van der Waals surface area contributed by atoms with Gasteiger partial charge in [0.2, 0.25) is 0 Å². The van der Waals surface area contributed by atoms with Gasteiger partial charge in [0.15, 0.2) is 0 Å². The zero-order chi connectivity index (χ0) is 14.7. The van der Waals surface area contributed by atoms with Crippen molar-refractivity contribution < 1.29 is 9.90 Å². The van der Waals surface area contributed by atoms with Gasteiger partial charge in [-0.05, 0) is 31.0 Å². The van der Waals surface area contributed by atoms with Crippen LogP contribution in [0.4, 0.5) is 10.5 Å². The fourth-order valence-electron chi connectivity index (χ4n) is 2.33. The number of hydrogen-bond acceptors (Lipinski definition) is 3. The van der Waals surface area contributed by atoms with Crippen molar-refractivity contribution in [1.29, 1.82) is 0 Å². The van der Waals surface area contributed by atoms with Crippen LogP contribution in [0.25, 0.3) is 0 Å². The molecule has 6 heteroatoms. The number of urea groups is 1. The van der Waals surface area contributed by atoms with Crippen LogP contribution in [0.3, 0.4) is 0 Å². The molecule has 0 spiro atoms. The Labute approximate surface area is 124 Å². The van der Waals surface area contributed by atoms with Crippen LogP contribution in [0, 0.1) is 0 Å². The molecule has 1 aromatic carbocycles. The van der Waals surface area contributed by atoms with Gasteiger partial charge in [-0.15, -0.1) is 0 Å². The Morgan fingerprint density at radius 2 is 2.05 bits per heavy atom. The summed E-state index contributed by atoms with van der Waals surface area (Å²) in [5, 5.41) is 13.1. The maximum Gasteiger partial charge on any atom is 0.319 e. The van der Waals surface area contributed by atoms with E-state index in [1.165, 1.54) is 0 Å². The van der Waals surface area contributed by atoms with Crippen molar-refractivity contribution in [3.8, 4) is 5.75 Å². The predicted molar refractivity (Wildman–Crippen MR) is 80.4 cm³/mol. The Bertz CT molecular complexity index is 485. The first-order valence-electron chi connectivity index (χ1n) is 6.68. The third-order valence-electron chi connectivity index (χ3n) is 3.47. The standard InChI is InChI=1S/C14H20ClN3O2/c1-17(2)14(20)18-7-5-10(6-8-18)16-11-3-4-13(19)12(15)9-11/h3-4,9-10,16,19H,5-8H2,1-2H3. The van der Waals surface area contributed by atoms with Crippen LogP contribution in [0.1, 0.15) is 12.8 Å². The van der Waals surface area contributed by atoms with Gasteiger partial charge in [-0.1, -0.05) is 11.6 Å². The van der Waals surface area contributed by atoms with E-state index in [1.54, 1.807) is 37.2 Å². The number of halogens is 1. The zero-order valence-electron chi connectivity index (χ0n) is 11.8. The number of phenols is 1. The number of carbonyl (C=O) groups is 1. The van der Waals surface area contributed by atoms with E-state index in [0.29, 0.717) is 11.1 Å². The summed E-state index contributed by atoms with van der Waals surface area (Å²) in [6, 6.07) is 5.49. The van der Waals surface area contributed by atoms with Crippen molar-refractivity contribution in [3.63, 3.8) is 0 Å². The van der Waals surface area contributed by atoms with Gasteiger partial charge in [0.1, 0.15) is 5.75 Å². The fraction of sp³-hybridized carbons (Fsp3) is 0.500. The molecule has 0 unspecified atom stereocenters. The molecular formula is C14H20ClN3O2. The first kappa shape index (κ1) is 14.8. The highest BCUT2D eigenvalue weighted by Crippen LogP contribution is 2.27. The molecular weight excluding hydrogens is 278 g/mol. The van der Waals surface area contributed by atoms with Crippen molar-refractivity contribution in [2.24, 2.45) is 0 Å². The number of amides is 2. The summed E-state index contributed by atoms with van der Waals surface area (Å²) in [5.74, 6) is 0.0867. The summed E-state index contributed by atoms with van der Waals surface area (Å²) < 4.78 is 0. The number of benzene rings is 1. The molecule has 5 nitrogen and oxygen atoms in total. The molecule has 1 heterocycles. The Balaban J connectivity index is 1.88. The number of rotatable bonds is 2. The van der Waals surface area contributed by atoms with Gasteiger partial charge < -0.3 is 20.2 Å². The van der Waals surface area contributed by atoms with E-state index < -0.39 is 0 Å². The predicted octanol–water partition coefficient (Wildman–Crippen LogP) is 2.60. The topological polar surface area (TPSA) is 55.8 Å². The largest absolute Gasteiger partial charge is 0.506 e. The van der Waals surface area contributed by atoms with Crippen LogP contribution in [-0.2, 0) is 0 Å². The van der Waals surface area contributed by atoms with Gasteiger partial charge in [0.05, 0.1) is 5.02 Å². The lowest BCUT2D eigenvalue weighted by Gasteiger charge is -2.34. The third kappa shape index (κ3) is 3.48. The number of carbonyl (C=O) groups excluding carboxylic acids is 1. The van der Waals surface area contributed by atoms with E-state index in [4.69, 9.17) is 11.6 Å². The van der Waals surface area contributed by atoms with Gasteiger partial charge in [0, 0.05) is 38.9 Å². The van der Waals surface area contributed by atoms with Gasteiger partial charge in [-0.2, -0.15) is 0 Å². The van der Waals surface area contributed by atoms with E-state index in [1.807, 2.05) is 4.90 Å². The van der Waals surface area contributed by atoms with Crippen molar-refractivity contribution in [1.82, 2.24) is 9.80 Å². The third-order valence-corrected chi connectivity index (χ3v) is 3.77. The first-order valence-corrected chi connectivity index (χ1v) is 7.06. The molecule has 1 saturated heterocycles. The molecule has 2 amide bonds. The number of anilines is 1. The molecule has 1 fully saturated rings. The number of piperidine rings is 1. The Kier molecular flexibility index (Phi) is 4.60. The monoisotopic (exact) mass is 297 g/mol. The molecule has 1 aromatic rings. The summed E-state index contributed by atoms with van der Waals surface area (Å²) in [4.78, 5) is 15.3. The number of phenolic OH excluding ortho intramolecular Hbond substituents is 1. The Morgan fingerprint density at radius 3 is 2.60 bits per heavy atom. The van der Waals surface area contributed by atoms with Crippen molar-refractivity contribution in [2.45, 2.75) is 18.9 Å². The van der Waals surface area contributed by atoms with Gasteiger partial charge in [-0.3, -0.25) is 0 Å². The summed E-state index contributed by atoms with van der Waals surface area (Å²) in [5.41, 5.74) is 0.894. The summed E-state index contributed by atoms with van der Waals surface area (Å²) in [6.07, 6.45) is 1.80. The lowest BCUT2D eigenvalue weighted by molar-refractivity contribution is 0.158. The van der Waals surface area contributed by atoms with E-state index in [-0.39, 0.29) is 11.8 Å². The Morgan fingerprint density at radius 1 is 1.40 bits per heavy atom. The first-order chi connectivity index (χ1) is 9.47. The zero-order valence-corrected chi connectivity index (χ0v) is 12.5. The van der Waals surface area contributed by atoms with Crippen LogP contribution < -0.4 is 5.32 Å². The SMILES string of the molecule is CN(C)C(=O)N1CCC(Nc2ccc(O)c(Cl)c2)CC1. The van der Waals surface area contributed by atoms with E-state index in [9.17, 15) is 9.90 Å². The maximum absolute atomic E-state index is 11.8. The second-order valence-electron chi connectivity index (χ2n) is 5.25. The second kappa shape index (κ2) is 6.22. The molecule has 0 aromatic heterocycles. The van der Waals surface area contributed by atoms with Gasteiger partial charge in [-0.25, -0.2) is 4.79 Å². The minimum atomic E-state index is 0.0659. The number of likely N-dealkylation sites (tertiary alicyclic amines) is 1. The summed E-state index contributed by atoms with van der Waals surface area (Å²) in [6.45, 7) is 1.50. The van der Waals surface area contributed by atoms with Crippen LogP contribution in [0.2, 0.25) is 5.02 Å². The normalized spacial score (nSPS) is 16.1. The average Bonchev–Trinajstić information content (AvgIpc) is 2.43. The van der Waals surface area contributed by atoms with Crippen molar-refractivity contribution >= 4 is 23.3 Å². The molecule has 110 valence electrons. The molecule has 0 aliphatic carbocycles. The summed E-state index contributed by atoms with van der Waals surface area (Å²) >= 11 is 5.88. The number of nitrogens with one attached hydrogen (secondary N) is 1. The molecule has 0 saturated carbocycles. The maximum atomic E-state index is 11.8. The van der Waals surface area contributed by atoms with Crippen LogP contribution in [0.15, 0.2) is 18.2 Å². The van der Waals surface area contributed by atoms with E-state index in [0.717, 1.165) is 31.6 Å². The van der Waals surface area contributed by atoms with Crippen LogP contribution >= 0.6 is 11.6 Å².